The largest absolute Gasteiger partial charge is 0.497 e. The monoisotopic (exact) mass is 514 g/mol. The number of nitrogens with zero attached hydrogens (tertiary/aromatic N) is 1. The van der Waals surface area contributed by atoms with Crippen molar-refractivity contribution in [3.63, 3.8) is 0 Å². The Morgan fingerprint density at radius 2 is 1.38 bits per heavy atom. The molecule has 4 rings (SSSR count). The number of esters is 1. The first kappa shape index (κ1) is 25.5. The number of hydrogen-bond donors (Lipinski definition) is 1. The number of hydrazone groups is 1. The molecule has 0 saturated heterocycles. The first-order chi connectivity index (χ1) is 18.0. The minimum absolute atomic E-state index is 0.356. The van der Waals surface area contributed by atoms with Gasteiger partial charge in [0.2, 0.25) is 0 Å². The fourth-order valence-corrected chi connectivity index (χ4v) is 3.32. The molecule has 186 valence electrons. The maximum absolute atomic E-state index is 12.4. The number of rotatable bonds is 9. The quantitative estimate of drug-likeness (QED) is 0.130. The lowest BCUT2D eigenvalue weighted by Crippen LogP contribution is -2.17. The zero-order chi connectivity index (χ0) is 26.0. The molecule has 0 aliphatic rings. The van der Waals surface area contributed by atoms with Crippen molar-refractivity contribution in [2.45, 2.75) is 6.61 Å². The number of carbonyl (C=O) groups excluding carboxylic acids is 2. The number of benzene rings is 4. The molecule has 0 radical (unpaired) electrons. The number of ether oxygens (including phenoxy) is 3. The number of nitrogens with one attached hydrogen (secondary N) is 1. The summed E-state index contributed by atoms with van der Waals surface area (Å²) in [6.45, 7) is 0.395. The molecule has 0 spiro atoms. The standard InChI is InChI=1S/C29H23ClN2O5/c1-35-25-14-8-23(9-15-25)29(34)37-27-12-4-20(5-13-27)18-31-32-28(33)22-6-16-26(17-7-22)36-19-21-2-10-24(30)11-3-21/h2-18H,19H2,1H3,(H,32,33)/b31-18+. The van der Waals surface area contributed by atoms with E-state index in [1.54, 1.807) is 92.0 Å². The molecule has 4 aromatic carbocycles. The van der Waals surface area contributed by atoms with Crippen LogP contribution in [0.3, 0.4) is 0 Å². The Labute approximate surface area is 219 Å². The highest BCUT2D eigenvalue weighted by Crippen LogP contribution is 2.17. The van der Waals surface area contributed by atoms with E-state index in [-0.39, 0.29) is 5.91 Å². The van der Waals surface area contributed by atoms with Crippen LogP contribution in [0.1, 0.15) is 31.8 Å². The third-order valence-electron chi connectivity index (χ3n) is 5.23. The van der Waals surface area contributed by atoms with Crippen LogP contribution in [0.15, 0.2) is 102 Å². The van der Waals surface area contributed by atoms with Gasteiger partial charge in [-0.1, -0.05) is 23.7 Å². The van der Waals surface area contributed by atoms with E-state index in [0.29, 0.717) is 40.0 Å². The molecule has 0 bridgehead atoms. The lowest BCUT2D eigenvalue weighted by atomic mass is 10.2. The number of amides is 1. The van der Waals surface area contributed by atoms with Gasteiger partial charge in [0.25, 0.3) is 5.91 Å². The minimum atomic E-state index is -0.474. The number of hydrogen-bond acceptors (Lipinski definition) is 6. The maximum atomic E-state index is 12.4. The highest BCUT2D eigenvalue weighted by Gasteiger charge is 2.09. The average Bonchev–Trinajstić information content (AvgIpc) is 2.94. The van der Waals surface area contributed by atoms with E-state index < -0.39 is 5.97 Å². The number of carbonyl (C=O) groups is 2. The Bertz CT molecular complexity index is 1370. The molecule has 1 amide bonds. The van der Waals surface area contributed by atoms with Crippen molar-refractivity contribution in [3.8, 4) is 17.2 Å². The molecule has 0 atom stereocenters. The van der Waals surface area contributed by atoms with Gasteiger partial charge in [0.1, 0.15) is 23.9 Å². The zero-order valence-corrected chi connectivity index (χ0v) is 20.6. The minimum Gasteiger partial charge on any atom is -0.497 e. The van der Waals surface area contributed by atoms with Crippen molar-refractivity contribution in [1.82, 2.24) is 5.43 Å². The Morgan fingerprint density at radius 3 is 2.03 bits per heavy atom. The summed E-state index contributed by atoms with van der Waals surface area (Å²) in [6, 6.07) is 27.5. The van der Waals surface area contributed by atoms with Gasteiger partial charge in [0.05, 0.1) is 18.9 Å². The molecular weight excluding hydrogens is 492 g/mol. The van der Waals surface area contributed by atoms with Gasteiger partial charge in [0, 0.05) is 10.6 Å². The zero-order valence-electron chi connectivity index (χ0n) is 19.9. The average molecular weight is 515 g/mol. The molecule has 7 nitrogen and oxygen atoms in total. The van der Waals surface area contributed by atoms with E-state index >= 15 is 0 Å². The molecule has 0 aliphatic heterocycles. The molecule has 4 aromatic rings. The van der Waals surface area contributed by atoms with Gasteiger partial charge in [-0.2, -0.15) is 5.10 Å². The molecule has 37 heavy (non-hydrogen) atoms. The normalized spacial score (nSPS) is 10.6. The summed E-state index contributed by atoms with van der Waals surface area (Å²) in [5, 5.41) is 4.66. The highest BCUT2D eigenvalue weighted by molar-refractivity contribution is 6.30. The van der Waals surface area contributed by atoms with Crippen molar-refractivity contribution in [1.29, 1.82) is 0 Å². The van der Waals surface area contributed by atoms with E-state index in [9.17, 15) is 9.59 Å². The predicted molar refractivity (Wildman–Crippen MR) is 142 cm³/mol. The van der Waals surface area contributed by atoms with Crippen molar-refractivity contribution in [2.24, 2.45) is 5.10 Å². The first-order valence-electron chi connectivity index (χ1n) is 11.3. The summed E-state index contributed by atoms with van der Waals surface area (Å²) in [4.78, 5) is 24.6. The van der Waals surface area contributed by atoms with Crippen LogP contribution in [0, 0.1) is 0 Å². The van der Waals surface area contributed by atoms with E-state index in [4.69, 9.17) is 25.8 Å². The molecule has 8 heteroatoms. The predicted octanol–water partition coefficient (Wildman–Crippen LogP) is 5.91. The molecular formula is C29H23ClN2O5. The molecule has 0 unspecified atom stereocenters. The third-order valence-corrected chi connectivity index (χ3v) is 5.48. The van der Waals surface area contributed by atoms with Crippen LogP contribution >= 0.6 is 11.6 Å². The van der Waals surface area contributed by atoms with Gasteiger partial charge in [-0.15, -0.1) is 0 Å². The van der Waals surface area contributed by atoms with E-state index in [0.717, 1.165) is 11.1 Å². The van der Waals surface area contributed by atoms with Gasteiger partial charge in [-0.05, 0) is 96.1 Å². The van der Waals surface area contributed by atoms with E-state index in [1.807, 2.05) is 12.1 Å². The van der Waals surface area contributed by atoms with Gasteiger partial charge in [-0.25, -0.2) is 10.2 Å². The van der Waals surface area contributed by atoms with Crippen LogP contribution in [0.2, 0.25) is 5.02 Å². The van der Waals surface area contributed by atoms with E-state index in [1.165, 1.54) is 6.21 Å². The Balaban J connectivity index is 1.25. The molecule has 0 heterocycles. The van der Waals surface area contributed by atoms with Crippen molar-refractivity contribution < 1.29 is 23.8 Å². The SMILES string of the molecule is COc1ccc(C(=O)Oc2ccc(/C=N/NC(=O)c3ccc(OCc4ccc(Cl)cc4)cc3)cc2)cc1. The van der Waals surface area contributed by atoms with Gasteiger partial charge < -0.3 is 14.2 Å². The third kappa shape index (κ3) is 7.43. The number of halogens is 1. The Hall–Kier alpha value is -4.62. The smallest absolute Gasteiger partial charge is 0.343 e. The topological polar surface area (TPSA) is 86.2 Å². The second-order valence-electron chi connectivity index (χ2n) is 7.83. The van der Waals surface area contributed by atoms with Crippen LogP contribution in [0.25, 0.3) is 0 Å². The summed E-state index contributed by atoms with van der Waals surface area (Å²) >= 11 is 5.89. The molecule has 0 aliphatic carbocycles. The molecule has 1 N–H and O–H groups in total. The highest BCUT2D eigenvalue weighted by atomic mass is 35.5. The summed E-state index contributed by atoms with van der Waals surface area (Å²) in [6.07, 6.45) is 1.50. The Morgan fingerprint density at radius 1 is 0.784 bits per heavy atom. The van der Waals surface area contributed by atoms with Crippen LogP contribution < -0.4 is 19.6 Å². The maximum Gasteiger partial charge on any atom is 0.343 e. The molecule has 0 aromatic heterocycles. The first-order valence-corrected chi connectivity index (χ1v) is 11.6. The fourth-order valence-electron chi connectivity index (χ4n) is 3.19. The van der Waals surface area contributed by atoms with Crippen LogP contribution in [-0.2, 0) is 6.61 Å². The summed E-state index contributed by atoms with van der Waals surface area (Å²) < 4.78 is 16.2. The second kappa shape index (κ2) is 12.4. The fraction of sp³-hybridized carbons (Fsp3) is 0.0690. The van der Waals surface area contributed by atoms with Crippen LogP contribution in [-0.4, -0.2) is 25.2 Å². The van der Waals surface area contributed by atoms with Gasteiger partial charge >= 0.3 is 5.97 Å². The van der Waals surface area contributed by atoms with Crippen LogP contribution in [0.4, 0.5) is 0 Å². The van der Waals surface area contributed by atoms with Crippen molar-refractivity contribution in [2.75, 3.05) is 7.11 Å². The summed E-state index contributed by atoms with van der Waals surface area (Å²) in [5.41, 5.74) is 5.05. The van der Waals surface area contributed by atoms with Gasteiger partial charge in [0.15, 0.2) is 0 Å². The summed E-state index contributed by atoms with van der Waals surface area (Å²) in [5.74, 6) is 0.856. The second-order valence-corrected chi connectivity index (χ2v) is 8.26. The number of methoxy groups -OCH3 is 1. The lowest BCUT2D eigenvalue weighted by molar-refractivity contribution is 0.0734. The molecule has 0 fully saturated rings. The van der Waals surface area contributed by atoms with Gasteiger partial charge in [-0.3, -0.25) is 4.79 Å². The van der Waals surface area contributed by atoms with Crippen molar-refractivity contribution >= 4 is 29.7 Å². The van der Waals surface area contributed by atoms with Crippen LogP contribution in [0.5, 0.6) is 17.2 Å². The van der Waals surface area contributed by atoms with E-state index in [2.05, 4.69) is 10.5 Å². The lowest BCUT2D eigenvalue weighted by Gasteiger charge is -2.07. The van der Waals surface area contributed by atoms with Crippen molar-refractivity contribution in [3.05, 3.63) is 124 Å². The summed E-state index contributed by atoms with van der Waals surface area (Å²) in [7, 11) is 1.56. The Kier molecular flexibility index (Phi) is 8.52. The molecule has 0 saturated carbocycles.